The van der Waals surface area contributed by atoms with Crippen molar-refractivity contribution in [3.63, 3.8) is 0 Å². The molecule has 0 atom stereocenters. The van der Waals surface area contributed by atoms with E-state index in [1.807, 2.05) is 0 Å². The molecule has 0 aromatic heterocycles. The molecular formula is Cl8Pd3. The third-order valence-corrected chi connectivity index (χ3v) is 0. The summed E-state index contributed by atoms with van der Waals surface area (Å²) in [4.78, 5) is 0. The minimum Gasteiger partial charge on any atom is 2.00 e. The van der Waals surface area contributed by atoms with Crippen molar-refractivity contribution in [2.75, 3.05) is 0 Å². The van der Waals surface area contributed by atoms with Gasteiger partial charge in [-0.25, -0.2) is 0 Å². The molecule has 0 saturated heterocycles. The van der Waals surface area contributed by atoms with Gasteiger partial charge in [0.25, 0.3) is 0 Å². The molecular weight excluding hydrogens is 603 g/mol. The standard InChI is InChI=1S/8ClH.3Pd/h8*1H;;;/q;;;;;;;;+2;2*+3/p-8. The minimum absolute atomic E-state index is 0. The number of halogens is 8. The molecule has 0 aliphatic heterocycles. The van der Waals surface area contributed by atoms with Gasteiger partial charge in [0.05, 0.1) is 0 Å². The van der Waals surface area contributed by atoms with Crippen LogP contribution >= 0.6 is 76.2 Å². The average molecular weight is 603 g/mol. The summed E-state index contributed by atoms with van der Waals surface area (Å²) in [7, 11) is 39.8. The van der Waals surface area contributed by atoms with E-state index >= 15 is 0 Å². The molecule has 0 aliphatic rings. The van der Waals surface area contributed by atoms with Crippen molar-refractivity contribution >= 4 is 76.2 Å². The quantitative estimate of drug-likeness (QED) is 0.321. The molecule has 0 aromatic carbocycles. The van der Waals surface area contributed by atoms with Crippen LogP contribution in [0.5, 0.6) is 0 Å². The maximum absolute atomic E-state index is 4.98. The summed E-state index contributed by atoms with van der Waals surface area (Å²) < 4.78 is 0. The van der Waals surface area contributed by atoms with Gasteiger partial charge in [-0.15, -0.1) is 0 Å². The van der Waals surface area contributed by atoms with Crippen LogP contribution in [0.2, 0.25) is 0 Å². The SMILES string of the molecule is [Cl][Pd-]([Cl])([Cl])[Cl].[Cl][Pd-]([Cl])([Cl])[Cl].[Pd+2]. The van der Waals surface area contributed by atoms with Crippen molar-refractivity contribution in [1.29, 1.82) is 0 Å². The van der Waals surface area contributed by atoms with Crippen LogP contribution in [0.4, 0.5) is 0 Å². The second-order valence-corrected chi connectivity index (χ2v) is 28.9. The molecule has 0 amide bonds. The molecule has 0 spiro atoms. The molecule has 0 heterocycles. The number of rotatable bonds is 0. The molecule has 0 unspecified atom stereocenters. The first-order valence-electron chi connectivity index (χ1n) is 0.956. The van der Waals surface area contributed by atoms with Crippen LogP contribution in [0, 0.1) is 0 Å². The fourth-order valence-electron chi connectivity index (χ4n) is 0. The minimum atomic E-state index is -2.81. The Hall–Kier alpha value is 4.31. The molecule has 11 heteroatoms. The number of hydrogen-bond acceptors (Lipinski definition) is 0. The van der Waals surface area contributed by atoms with Gasteiger partial charge in [-0.3, -0.25) is 0 Å². The zero-order valence-electron chi connectivity index (χ0n) is 3.97. The van der Waals surface area contributed by atoms with E-state index in [0.717, 1.165) is 0 Å². The molecule has 0 fully saturated rings. The third kappa shape index (κ3) is 117. The molecule has 0 rings (SSSR count). The van der Waals surface area contributed by atoms with Gasteiger partial charge in [0, 0.05) is 0 Å². The number of hydrogen-bond donors (Lipinski definition) is 0. The Kier molecular flexibility index (Phi) is 17.9. The van der Waals surface area contributed by atoms with Crippen LogP contribution < -0.4 is 0 Å². The van der Waals surface area contributed by atoms with Crippen LogP contribution in [0.15, 0.2) is 0 Å². The first-order chi connectivity index (χ1) is 4.00. The maximum atomic E-state index is 4.98. The molecule has 0 bridgehead atoms. The van der Waals surface area contributed by atoms with E-state index < -0.39 is 22.9 Å². The Morgan fingerprint density at radius 1 is 0.455 bits per heavy atom. The van der Waals surface area contributed by atoms with E-state index in [2.05, 4.69) is 0 Å². The zero-order chi connectivity index (χ0) is 9.00. The van der Waals surface area contributed by atoms with Gasteiger partial charge in [0.1, 0.15) is 0 Å². The fourth-order valence-corrected chi connectivity index (χ4v) is 0. The summed E-state index contributed by atoms with van der Waals surface area (Å²) in [5.41, 5.74) is 0. The smallest absolute Gasteiger partial charge is 2.00 e. The Balaban J connectivity index is -0.000000107. The van der Waals surface area contributed by atoms with Gasteiger partial charge in [-0.05, 0) is 0 Å². The van der Waals surface area contributed by atoms with Gasteiger partial charge in [-0.1, -0.05) is 0 Å². The second kappa shape index (κ2) is 9.53. The van der Waals surface area contributed by atoms with Crippen LogP contribution in [0.3, 0.4) is 0 Å². The van der Waals surface area contributed by atoms with Gasteiger partial charge in [-0.2, -0.15) is 0 Å². The van der Waals surface area contributed by atoms with E-state index in [-0.39, 0.29) is 20.4 Å². The summed E-state index contributed by atoms with van der Waals surface area (Å²) in [6.45, 7) is 0. The Labute approximate surface area is 117 Å². The van der Waals surface area contributed by atoms with Crippen molar-refractivity contribution < 1.29 is 43.3 Å². The Morgan fingerprint density at radius 2 is 0.455 bits per heavy atom. The maximum Gasteiger partial charge on any atom is 2.00 e. The van der Waals surface area contributed by atoms with Gasteiger partial charge < -0.3 is 0 Å². The van der Waals surface area contributed by atoms with Crippen molar-refractivity contribution in [1.82, 2.24) is 0 Å². The summed E-state index contributed by atoms with van der Waals surface area (Å²) in [5, 5.41) is 0. The summed E-state index contributed by atoms with van der Waals surface area (Å²) >= 11 is -5.62. The normalized spacial score (nSPS) is 13.8. The van der Waals surface area contributed by atoms with E-state index in [4.69, 9.17) is 76.2 Å². The van der Waals surface area contributed by atoms with Crippen molar-refractivity contribution in [3.8, 4) is 0 Å². The molecule has 11 heavy (non-hydrogen) atoms. The van der Waals surface area contributed by atoms with Crippen molar-refractivity contribution in [2.24, 2.45) is 0 Å². The zero-order valence-corrected chi connectivity index (χ0v) is 14.7. The summed E-state index contributed by atoms with van der Waals surface area (Å²) in [5.74, 6) is 0. The summed E-state index contributed by atoms with van der Waals surface area (Å²) in [6, 6.07) is 0. The molecule has 0 nitrogen and oxygen atoms in total. The fraction of sp³-hybridized carbons (Fsp3) is 0. The van der Waals surface area contributed by atoms with Crippen LogP contribution in [-0.2, 0) is 43.3 Å². The first-order valence-corrected chi connectivity index (χ1v) is 17.0. The van der Waals surface area contributed by atoms with Gasteiger partial charge in [0.15, 0.2) is 0 Å². The van der Waals surface area contributed by atoms with Crippen molar-refractivity contribution in [3.05, 3.63) is 0 Å². The van der Waals surface area contributed by atoms with Crippen LogP contribution in [-0.4, -0.2) is 0 Å². The second-order valence-electron chi connectivity index (χ2n) is 0.542. The topological polar surface area (TPSA) is 0 Å². The van der Waals surface area contributed by atoms with Crippen molar-refractivity contribution in [2.45, 2.75) is 0 Å². The molecule has 0 radical (unpaired) electrons. The largest absolute Gasteiger partial charge is 2.00 e. The van der Waals surface area contributed by atoms with Crippen LogP contribution in [0.1, 0.15) is 0 Å². The van der Waals surface area contributed by atoms with Crippen LogP contribution in [0.25, 0.3) is 0 Å². The average Bonchev–Trinajstić information content (AvgIpc) is 1.12. The Bertz CT molecular complexity index is 52.3. The van der Waals surface area contributed by atoms with E-state index in [1.165, 1.54) is 0 Å². The van der Waals surface area contributed by atoms with E-state index in [0.29, 0.717) is 0 Å². The van der Waals surface area contributed by atoms with E-state index in [1.54, 1.807) is 0 Å². The predicted molar refractivity (Wildman–Crippen MR) is 46.8 cm³/mol. The molecule has 0 aromatic rings. The monoisotopic (exact) mass is 597 g/mol. The van der Waals surface area contributed by atoms with Gasteiger partial charge in [0.2, 0.25) is 0 Å². The molecule has 0 aliphatic carbocycles. The molecule has 86 valence electrons. The van der Waals surface area contributed by atoms with E-state index in [9.17, 15) is 0 Å². The predicted octanol–water partition coefficient (Wildman–Crippen LogP) is 5.51. The van der Waals surface area contributed by atoms with Gasteiger partial charge >= 0.3 is 120 Å². The summed E-state index contributed by atoms with van der Waals surface area (Å²) in [6.07, 6.45) is 0. The Morgan fingerprint density at radius 3 is 0.455 bits per heavy atom. The third-order valence-electron chi connectivity index (χ3n) is 0. The molecule has 0 saturated carbocycles. The first kappa shape index (κ1) is 20.7. The molecule has 0 N–H and O–H groups in total.